The molecule has 0 aliphatic carbocycles. The van der Waals surface area contributed by atoms with Crippen molar-refractivity contribution in [1.82, 2.24) is 0 Å². The fourth-order valence-corrected chi connectivity index (χ4v) is 1.93. The van der Waals surface area contributed by atoms with Gasteiger partial charge >= 0.3 is 6.18 Å². The van der Waals surface area contributed by atoms with Gasteiger partial charge in [-0.15, -0.1) is 11.6 Å². The second-order valence-corrected chi connectivity index (χ2v) is 4.62. The lowest BCUT2D eigenvalue weighted by Crippen LogP contribution is -2.19. The van der Waals surface area contributed by atoms with E-state index in [0.717, 1.165) is 5.56 Å². The number of hydrogen-bond donors (Lipinski definition) is 0. The van der Waals surface area contributed by atoms with Gasteiger partial charge in [-0.2, -0.15) is 13.2 Å². The molecule has 0 aliphatic rings. The van der Waals surface area contributed by atoms with Crippen molar-refractivity contribution in [2.75, 3.05) is 19.1 Å². The van der Waals surface area contributed by atoms with Crippen LogP contribution in [0.4, 0.5) is 17.6 Å². The van der Waals surface area contributed by atoms with Crippen molar-refractivity contribution < 1.29 is 22.3 Å². The van der Waals surface area contributed by atoms with Crippen molar-refractivity contribution in [3.8, 4) is 0 Å². The summed E-state index contributed by atoms with van der Waals surface area (Å²) in [5.41, 5.74) is 0.779. The molecular weight excluding hydrogens is 284 g/mol. The largest absolute Gasteiger partial charge is 0.411 e. The number of alkyl halides is 4. The van der Waals surface area contributed by atoms with E-state index in [1.54, 1.807) is 12.1 Å². The molecule has 1 aromatic rings. The van der Waals surface area contributed by atoms with Crippen LogP contribution in [0.3, 0.4) is 0 Å². The topological polar surface area (TPSA) is 9.23 Å². The summed E-state index contributed by atoms with van der Waals surface area (Å²) >= 11 is 5.75. The molecule has 1 unspecified atom stereocenters. The van der Waals surface area contributed by atoms with E-state index in [9.17, 15) is 17.6 Å². The van der Waals surface area contributed by atoms with Crippen molar-refractivity contribution in [2.45, 2.75) is 19.0 Å². The van der Waals surface area contributed by atoms with Gasteiger partial charge in [-0.1, -0.05) is 12.1 Å². The molecule has 0 aliphatic heterocycles. The van der Waals surface area contributed by atoms with Crippen LogP contribution in [0.25, 0.3) is 0 Å². The van der Waals surface area contributed by atoms with E-state index in [1.807, 2.05) is 0 Å². The summed E-state index contributed by atoms with van der Waals surface area (Å²) in [6.07, 6.45) is -3.37. The molecule has 108 valence electrons. The minimum atomic E-state index is -4.31. The molecule has 0 aromatic heterocycles. The van der Waals surface area contributed by atoms with Gasteiger partial charge < -0.3 is 4.74 Å². The van der Waals surface area contributed by atoms with Crippen molar-refractivity contribution in [3.63, 3.8) is 0 Å². The third kappa shape index (κ3) is 7.38. The first kappa shape index (κ1) is 16.2. The zero-order chi connectivity index (χ0) is 14.3. The molecule has 1 rings (SSSR count). The Balaban J connectivity index is 2.34. The fourth-order valence-electron chi connectivity index (χ4n) is 1.67. The summed E-state index contributed by atoms with van der Waals surface area (Å²) in [5, 5.41) is 0. The van der Waals surface area contributed by atoms with Crippen LogP contribution in [-0.4, -0.2) is 25.3 Å². The molecule has 0 spiro atoms. The Morgan fingerprint density at radius 1 is 1.26 bits per heavy atom. The Morgan fingerprint density at radius 3 is 2.58 bits per heavy atom. The lowest BCUT2D eigenvalue weighted by atomic mass is 9.98. The van der Waals surface area contributed by atoms with Crippen LogP contribution in [0, 0.1) is 11.7 Å². The Morgan fingerprint density at radius 2 is 2.00 bits per heavy atom. The molecule has 0 fully saturated rings. The van der Waals surface area contributed by atoms with Crippen LogP contribution < -0.4 is 0 Å². The number of ether oxygens (including phenoxy) is 1. The molecule has 19 heavy (non-hydrogen) atoms. The second kappa shape index (κ2) is 7.70. The quantitative estimate of drug-likeness (QED) is 0.416. The number of rotatable bonds is 7. The zero-order valence-corrected chi connectivity index (χ0v) is 11.0. The minimum Gasteiger partial charge on any atom is -0.372 e. The zero-order valence-electron chi connectivity index (χ0n) is 10.2. The molecule has 0 saturated carbocycles. The van der Waals surface area contributed by atoms with E-state index < -0.39 is 12.8 Å². The SMILES string of the molecule is Fc1cccc(CC(CCl)CCOCC(F)(F)F)c1. The maximum absolute atomic E-state index is 13.0. The Bertz CT molecular complexity index is 381. The van der Waals surface area contributed by atoms with Crippen LogP contribution in [-0.2, 0) is 11.2 Å². The third-order valence-electron chi connectivity index (χ3n) is 2.57. The van der Waals surface area contributed by atoms with Gasteiger partial charge in [0.05, 0.1) is 0 Å². The highest BCUT2D eigenvalue weighted by Gasteiger charge is 2.27. The molecule has 0 amide bonds. The van der Waals surface area contributed by atoms with Crippen molar-refractivity contribution in [3.05, 3.63) is 35.6 Å². The number of benzene rings is 1. The third-order valence-corrected chi connectivity index (χ3v) is 3.00. The maximum Gasteiger partial charge on any atom is 0.411 e. The fraction of sp³-hybridized carbons (Fsp3) is 0.538. The number of hydrogen-bond acceptors (Lipinski definition) is 1. The lowest BCUT2D eigenvalue weighted by Gasteiger charge is -2.14. The first-order valence-electron chi connectivity index (χ1n) is 5.85. The molecular formula is C13H15ClF4O. The van der Waals surface area contributed by atoms with Gasteiger partial charge in [-0.3, -0.25) is 0 Å². The lowest BCUT2D eigenvalue weighted by molar-refractivity contribution is -0.174. The summed E-state index contributed by atoms with van der Waals surface area (Å²) in [5.74, 6) is -0.0674. The van der Waals surface area contributed by atoms with Crippen LogP contribution >= 0.6 is 11.6 Å². The summed E-state index contributed by atoms with van der Waals surface area (Å²) < 4.78 is 53.1. The highest BCUT2D eigenvalue weighted by molar-refractivity contribution is 6.18. The first-order valence-corrected chi connectivity index (χ1v) is 6.39. The smallest absolute Gasteiger partial charge is 0.372 e. The average molecular weight is 299 g/mol. The van der Waals surface area contributed by atoms with Crippen LogP contribution in [0.2, 0.25) is 0 Å². The highest BCUT2D eigenvalue weighted by Crippen LogP contribution is 2.17. The molecule has 6 heteroatoms. The monoisotopic (exact) mass is 298 g/mol. The van der Waals surface area contributed by atoms with Gasteiger partial charge in [0.1, 0.15) is 12.4 Å². The normalized spacial score (nSPS) is 13.5. The van der Waals surface area contributed by atoms with Crippen LogP contribution in [0.5, 0.6) is 0 Å². The van der Waals surface area contributed by atoms with Gasteiger partial charge in [-0.05, 0) is 36.5 Å². The summed E-state index contributed by atoms with van der Waals surface area (Å²) in [6.45, 7) is -1.26. The number of halogens is 5. The van der Waals surface area contributed by atoms with E-state index >= 15 is 0 Å². The van der Waals surface area contributed by atoms with Crippen LogP contribution in [0.15, 0.2) is 24.3 Å². The van der Waals surface area contributed by atoms with E-state index in [1.165, 1.54) is 12.1 Å². The van der Waals surface area contributed by atoms with E-state index in [-0.39, 0.29) is 18.3 Å². The predicted octanol–water partition coefficient (Wildman–Crippen LogP) is 4.19. The van der Waals surface area contributed by atoms with Gasteiger partial charge in [0, 0.05) is 12.5 Å². The standard InChI is InChI=1S/C13H15ClF4O/c14-8-11(4-5-19-9-13(16,17)18)6-10-2-1-3-12(15)7-10/h1-3,7,11H,4-6,8-9H2. The van der Waals surface area contributed by atoms with Gasteiger partial charge in [0.15, 0.2) is 0 Å². The second-order valence-electron chi connectivity index (χ2n) is 4.31. The average Bonchev–Trinajstić information content (AvgIpc) is 2.32. The minimum absolute atomic E-state index is 0.00773. The Kier molecular flexibility index (Phi) is 6.58. The maximum atomic E-state index is 13.0. The molecule has 0 radical (unpaired) electrons. The summed E-state index contributed by atoms with van der Waals surface area (Å²) in [7, 11) is 0. The first-order chi connectivity index (χ1) is 8.90. The van der Waals surface area contributed by atoms with Crippen molar-refractivity contribution >= 4 is 11.6 Å². The Hall–Kier alpha value is -0.810. The van der Waals surface area contributed by atoms with Gasteiger partial charge in [-0.25, -0.2) is 4.39 Å². The molecule has 0 bridgehead atoms. The van der Waals surface area contributed by atoms with E-state index in [0.29, 0.717) is 18.7 Å². The molecule has 0 heterocycles. The summed E-state index contributed by atoms with van der Waals surface area (Å²) in [6, 6.07) is 6.09. The molecule has 1 aromatic carbocycles. The molecule has 0 N–H and O–H groups in total. The molecule has 1 nitrogen and oxygen atoms in total. The summed E-state index contributed by atoms with van der Waals surface area (Å²) in [4.78, 5) is 0. The van der Waals surface area contributed by atoms with Crippen molar-refractivity contribution in [1.29, 1.82) is 0 Å². The van der Waals surface area contributed by atoms with Crippen LogP contribution in [0.1, 0.15) is 12.0 Å². The molecule has 0 saturated heterocycles. The highest BCUT2D eigenvalue weighted by atomic mass is 35.5. The molecule has 1 atom stereocenters. The van der Waals surface area contributed by atoms with Gasteiger partial charge in [0.25, 0.3) is 0 Å². The van der Waals surface area contributed by atoms with E-state index in [2.05, 4.69) is 4.74 Å². The van der Waals surface area contributed by atoms with Crippen molar-refractivity contribution in [2.24, 2.45) is 5.92 Å². The Labute approximate surface area is 114 Å². The predicted molar refractivity (Wildman–Crippen MR) is 65.8 cm³/mol. The van der Waals surface area contributed by atoms with E-state index in [4.69, 9.17) is 11.6 Å². The van der Waals surface area contributed by atoms with Gasteiger partial charge in [0.2, 0.25) is 0 Å².